The van der Waals surface area contributed by atoms with Crippen molar-refractivity contribution < 1.29 is 9.13 Å². The molecule has 0 unspecified atom stereocenters. The Labute approximate surface area is 90.2 Å². The van der Waals surface area contributed by atoms with Gasteiger partial charge in [0.25, 0.3) is 0 Å². The number of rotatable bonds is 6. The Kier molecular flexibility index (Phi) is 5.12. The molecule has 0 amide bonds. The van der Waals surface area contributed by atoms with Crippen LogP contribution >= 0.6 is 0 Å². The minimum atomic E-state index is -0.182. The van der Waals surface area contributed by atoms with Crippen molar-refractivity contribution in [3.05, 3.63) is 29.6 Å². The van der Waals surface area contributed by atoms with Crippen LogP contribution in [0.4, 0.5) is 4.39 Å². The summed E-state index contributed by atoms with van der Waals surface area (Å²) in [4.78, 5) is 0. The highest BCUT2D eigenvalue weighted by Gasteiger charge is 2.03. The predicted molar refractivity (Wildman–Crippen MR) is 59.6 cm³/mol. The molecule has 0 saturated carbocycles. The number of ether oxygens (including phenoxy) is 1. The lowest BCUT2D eigenvalue weighted by Gasteiger charge is -2.06. The van der Waals surface area contributed by atoms with E-state index in [1.54, 1.807) is 6.07 Å². The minimum absolute atomic E-state index is 0.182. The summed E-state index contributed by atoms with van der Waals surface area (Å²) in [5, 5.41) is 0. The van der Waals surface area contributed by atoms with Crippen LogP contribution in [0.1, 0.15) is 25.3 Å². The summed E-state index contributed by atoms with van der Waals surface area (Å²) in [6.45, 7) is 3.11. The van der Waals surface area contributed by atoms with Crippen LogP contribution in [0.15, 0.2) is 18.2 Å². The molecule has 15 heavy (non-hydrogen) atoms. The van der Waals surface area contributed by atoms with Crippen LogP contribution in [-0.4, -0.2) is 13.2 Å². The van der Waals surface area contributed by atoms with Gasteiger partial charge in [-0.15, -0.1) is 0 Å². The van der Waals surface area contributed by atoms with E-state index < -0.39 is 0 Å². The number of hydrogen-bond donors (Lipinski definition) is 1. The lowest BCUT2D eigenvalue weighted by Crippen LogP contribution is -2.00. The second kappa shape index (κ2) is 6.40. The van der Waals surface area contributed by atoms with Gasteiger partial charge in [0, 0.05) is 6.07 Å². The van der Waals surface area contributed by atoms with Crippen LogP contribution in [0.5, 0.6) is 5.75 Å². The molecule has 0 heterocycles. The van der Waals surface area contributed by atoms with Gasteiger partial charge in [-0.2, -0.15) is 0 Å². The van der Waals surface area contributed by atoms with Gasteiger partial charge in [0.05, 0.1) is 6.61 Å². The zero-order valence-electron chi connectivity index (χ0n) is 9.13. The van der Waals surface area contributed by atoms with Crippen LogP contribution < -0.4 is 10.5 Å². The van der Waals surface area contributed by atoms with Crippen molar-refractivity contribution in [2.24, 2.45) is 5.73 Å². The average Bonchev–Trinajstić information content (AvgIpc) is 2.22. The highest BCUT2D eigenvalue weighted by atomic mass is 19.1. The zero-order chi connectivity index (χ0) is 11.1. The second-order valence-electron chi connectivity index (χ2n) is 3.43. The van der Waals surface area contributed by atoms with Gasteiger partial charge < -0.3 is 10.5 Å². The van der Waals surface area contributed by atoms with Crippen molar-refractivity contribution in [2.45, 2.75) is 26.2 Å². The summed E-state index contributed by atoms with van der Waals surface area (Å²) in [7, 11) is 0. The standard InChI is InChI=1S/C12H18FNO/c1-2-15-11-7-6-10(12(13)9-11)5-3-4-8-14/h6-7,9H,2-5,8,14H2,1H3. The number of hydrogen-bond acceptors (Lipinski definition) is 2. The van der Waals surface area contributed by atoms with Gasteiger partial charge in [-0.1, -0.05) is 6.07 Å². The Morgan fingerprint density at radius 1 is 1.33 bits per heavy atom. The van der Waals surface area contributed by atoms with Gasteiger partial charge >= 0.3 is 0 Å². The topological polar surface area (TPSA) is 35.2 Å². The third kappa shape index (κ3) is 3.88. The fraction of sp³-hybridized carbons (Fsp3) is 0.500. The maximum Gasteiger partial charge on any atom is 0.130 e. The van der Waals surface area contributed by atoms with E-state index in [2.05, 4.69) is 0 Å². The van der Waals surface area contributed by atoms with Crippen LogP contribution in [0.2, 0.25) is 0 Å². The molecule has 3 heteroatoms. The van der Waals surface area contributed by atoms with Gasteiger partial charge in [-0.3, -0.25) is 0 Å². The summed E-state index contributed by atoms with van der Waals surface area (Å²) in [5.41, 5.74) is 6.12. The Hall–Kier alpha value is -1.09. The van der Waals surface area contributed by atoms with Crippen LogP contribution in [0.3, 0.4) is 0 Å². The molecule has 0 bridgehead atoms. The summed E-state index contributed by atoms with van der Waals surface area (Å²) < 4.78 is 18.7. The van der Waals surface area contributed by atoms with Gasteiger partial charge in [0.15, 0.2) is 0 Å². The smallest absolute Gasteiger partial charge is 0.130 e. The highest BCUT2D eigenvalue weighted by molar-refractivity contribution is 5.29. The van der Waals surface area contributed by atoms with Crippen molar-refractivity contribution in [3.8, 4) is 5.75 Å². The first-order chi connectivity index (χ1) is 7.27. The van der Waals surface area contributed by atoms with Crippen molar-refractivity contribution in [3.63, 3.8) is 0 Å². The Bertz CT molecular complexity index is 302. The van der Waals surface area contributed by atoms with E-state index >= 15 is 0 Å². The monoisotopic (exact) mass is 211 g/mol. The predicted octanol–water partition coefficient (Wildman–Crippen LogP) is 2.51. The quantitative estimate of drug-likeness (QED) is 0.734. The number of nitrogens with two attached hydrogens (primary N) is 1. The largest absolute Gasteiger partial charge is 0.494 e. The Balaban J connectivity index is 2.58. The lowest BCUT2D eigenvalue weighted by molar-refractivity contribution is 0.338. The third-order valence-electron chi connectivity index (χ3n) is 2.24. The molecule has 0 aliphatic heterocycles. The molecular formula is C12H18FNO. The molecule has 0 saturated heterocycles. The number of aryl methyl sites for hydroxylation is 1. The fourth-order valence-corrected chi connectivity index (χ4v) is 1.45. The third-order valence-corrected chi connectivity index (χ3v) is 2.24. The van der Waals surface area contributed by atoms with Gasteiger partial charge in [0.1, 0.15) is 11.6 Å². The molecule has 1 aromatic rings. The van der Waals surface area contributed by atoms with E-state index in [4.69, 9.17) is 10.5 Å². The first-order valence-electron chi connectivity index (χ1n) is 5.39. The molecule has 0 fully saturated rings. The van der Waals surface area contributed by atoms with Crippen LogP contribution in [0, 0.1) is 5.82 Å². The zero-order valence-corrected chi connectivity index (χ0v) is 9.13. The summed E-state index contributed by atoms with van der Waals surface area (Å²) in [6.07, 6.45) is 2.61. The maximum absolute atomic E-state index is 13.5. The molecule has 84 valence electrons. The first-order valence-corrected chi connectivity index (χ1v) is 5.39. The molecule has 0 aliphatic carbocycles. The number of benzene rings is 1. The minimum Gasteiger partial charge on any atom is -0.494 e. The molecule has 0 radical (unpaired) electrons. The molecule has 2 nitrogen and oxygen atoms in total. The SMILES string of the molecule is CCOc1ccc(CCCCN)c(F)c1. The van der Waals surface area contributed by atoms with E-state index in [1.807, 2.05) is 13.0 Å². The first kappa shape index (κ1) is 12.0. The Morgan fingerprint density at radius 2 is 2.13 bits per heavy atom. The van der Waals surface area contributed by atoms with Gasteiger partial charge in [0.2, 0.25) is 0 Å². The van der Waals surface area contributed by atoms with Crippen LogP contribution in [-0.2, 0) is 6.42 Å². The normalized spacial score (nSPS) is 10.3. The van der Waals surface area contributed by atoms with Crippen molar-refractivity contribution in [1.82, 2.24) is 0 Å². The number of halogens is 1. The molecule has 1 rings (SSSR count). The summed E-state index contributed by atoms with van der Waals surface area (Å²) in [5.74, 6) is 0.413. The van der Waals surface area contributed by atoms with Gasteiger partial charge in [-0.25, -0.2) is 4.39 Å². The second-order valence-corrected chi connectivity index (χ2v) is 3.43. The van der Waals surface area contributed by atoms with Crippen molar-refractivity contribution in [2.75, 3.05) is 13.2 Å². The van der Waals surface area contributed by atoms with Gasteiger partial charge in [-0.05, 0) is 44.4 Å². The molecular weight excluding hydrogens is 193 g/mol. The maximum atomic E-state index is 13.5. The Morgan fingerprint density at radius 3 is 2.73 bits per heavy atom. The lowest BCUT2D eigenvalue weighted by atomic mass is 10.1. The molecule has 0 spiro atoms. The number of unbranched alkanes of at least 4 members (excludes halogenated alkanes) is 1. The molecule has 0 aromatic heterocycles. The van der Waals surface area contributed by atoms with E-state index in [0.717, 1.165) is 24.8 Å². The highest BCUT2D eigenvalue weighted by Crippen LogP contribution is 2.18. The molecule has 0 aliphatic rings. The molecule has 1 aromatic carbocycles. The van der Waals surface area contributed by atoms with E-state index in [1.165, 1.54) is 6.07 Å². The van der Waals surface area contributed by atoms with E-state index in [9.17, 15) is 4.39 Å². The average molecular weight is 211 g/mol. The summed E-state index contributed by atoms with van der Waals surface area (Å²) >= 11 is 0. The molecule has 0 atom stereocenters. The van der Waals surface area contributed by atoms with Crippen LogP contribution in [0.25, 0.3) is 0 Å². The summed E-state index contributed by atoms with van der Waals surface area (Å²) in [6, 6.07) is 5.04. The van der Waals surface area contributed by atoms with Crippen molar-refractivity contribution in [1.29, 1.82) is 0 Å². The van der Waals surface area contributed by atoms with E-state index in [0.29, 0.717) is 18.9 Å². The molecule has 2 N–H and O–H groups in total. The fourth-order valence-electron chi connectivity index (χ4n) is 1.45. The van der Waals surface area contributed by atoms with E-state index in [-0.39, 0.29) is 5.82 Å². The van der Waals surface area contributed by atoms with Crippen molar-refractivity contribution >= 4 is 0 Å².